The fourth-order valence-electron chi connectivity index (χ4n) is 10.6. The van der Waals surface area contributed by atoms with Crippen LogP contribution in [-0.4, -0.2) is 33.5 Å². The first-order valence-corrected chi connectivity index (χ1v) is 13.9. The summed E-state index contributed by atoms with van der Waals surface area (Å²) in [5.74, 6) is 0.463. The van der Waals surface area contributed by atoms with Gasteiger partial charge in [-0.3, -0.25) is 4.79 Å². The summed E-state index contributed by atoms with van der Waals surface area (Å²) in [6.45, 7) is 16.2. The van der Waals surface area contributed by atoms with Crippen molar-refractivity contribution < 1.29 is 20.1 Å². The van der Waals surface area contributed by atoms with Crippen LogP contribution in [0.4, 0.5) is 0 Å². The molecule has 4 nitrogen and oxygen atoms in total. The van der Waals surface area contributed by atoms with Crippen LogP contribution in [0.1, 0.15) is 106 Å². The molecule has 0 amide bonds. The number of carbonyl (C=O) groups is 1. The van der Waals surface area contributed by atoms with Gasteiger partial charge in [-0.2, -0.15) is 0 Å². The molecular formula is C30H48O4. The molecule has 3 N–H and O–H groups in total. The van der Waals surface area contributed by atoms with Crippen LogP contribution in [0.3, 0.4) is 0 Å². The van der Waals surface area contributed by atoms with Gasteiger partial charge >= 0.3 is 5.97 Å². The van der Waals surface area contributed by atoms with E-state index in [1.165, 1.54) is 12.0 Å². The summed E-state index contributed by atoms with van der Waals surface area (Å²) < 4.78 is 0. The number of rotatable bonds is 1. The number of aliphatic carboxylic acids is 1. The van der Waals surface area contributed by atoms with Gasteiger partial charge in [0.05, 0.1) is 17.6 Å². The molecule has 0 spiro atoms. The molecule has 0 aliphatic heterocycles. The summed E-state index contributed by atoms with van der Waals surface area (Å²) in [6, 6.07) is 0. The third-order valence-electron chi connectivity index (χ3n) is 13.4. The average Bonchev–Trinajstić information content (AvgIpc) is 2.73. The lowest BCUT2D eigenvalue weighted by atomic mass is 9.33. The van der Waals surface area contributed by atoms with E-state index in [-0.39, 0.29) is 39.1 Å². The fraction of sp³-hybridized carbons (Fsp3) is 0.900. The first-order valence-electron chi connectivity index (χ1n) is 13.9. The molecule has 5 aliphatic rings. The average molecular weight is 473 g/mol. The maximum Gasteiger partial charge on any atom is 0.309 e. The molecule has 0 heterocycles. The molecule has 0 aromatic carbocycles. The van der Waals surface area contributed by atoms with E-state index in [1.807, 2.05) is 6.92 Å². The Balaban J connectivity index is 1.59. The smallest absolute Gasteiger partial charge is 0.309 e. The van der Waals surface area contributed by atoms with E-state index in [1.54, 1.807) is 0 Å². The minimum absolute atomic E-state index is 0.0325. The molecule has 4 fully saturated rings. The quantitative estimate of drug-likeness (QED) is 0.397. The predicted molar refractivity (Wildman–Crippen MR) is 134 cm³/mol. The van der Waals surface area contributed by atoms with E-state index >= 15 is 0 Å². The highest BCUT2D eigenvalue weighted by atomic mass is 16.4. The van der Waals surface area contributed by atoms with Gasteiger partial charge in [-0.15, -0.1) is 0 Å². The third kappa shape index (κ3) is 2.82. The molecule has 0 aromatic heterocycles. The standard InChI is InChI=1S/C30H48O4/c1-25(2)20-10-13-30(7)21(28(20,5)12-11-22(25)31)9-8-18-19-16-26(3,24(33)34)17-23(32)27(19,4)14-15-29(18,30)6/h8,19-23,31-32H,9-17H2,1-7H3,(H,33,34)/t19?,20?,21?,22?,23-,26-,27?,28?,29+,30?/m0/s1. The number of carboxylic acid groups (broad SMARTS) is 1. The van der Waals surface area contributed by atoms with Crippen LogP contribution < -0.4 is 0 Å². The molecule has 0 bridgehead atoms. The first-order chi connectivity index (χ1) is 15.6. The first kappa shape index (κ1) is 24.8. The van der Waals surface area contributed by atoms with Gasteiger partial charge in [0.1, 0.15) is 0 Å². The van der Waals surface area contributed by atoms with Crippen molar-refractivity contribution >= 4 is 5.97 Å². The second-order valence-corrected chi connectivity index (χ2v) is 15.0. The van der Waals surface area contributed by atoms with Crippen LogP contribution in [0.25, 0.3) is 0 Å². The Hall–Kier alpha value is -0.870. The Labute approximate surface area is 206 Å². The Kier molecular flexibility index (Phi) is 5.20. The van der Waals surface area contributed by atoms with Crippen LogP contribution in [0.5, 0.6) is 0 Å². The maximum absolute atomic E-state index is 12.3. The van der Waals surface area contributed by atoms with Crippen LogP contribution >= 0.6 is 0 Å². The molecule has 5 rings (SSSR count). The molecule has 5 aliphatic carbocycles. The number of carboxylic acids is 1. The lowest BCUT2D eigenvalue weighted by Gasteiger charge is -2.71. The number of hydrogen-bond donors (Lipinski definition) is 3. The van der Waals surface area contributed by atoms with Crippen molar-refractivity contribution in [2.45, 2.75) is 118 Å². The van der Waals surface area contributed by atoms with Gasteiger partial charge in [0.15, 0.2) is 0 Å². The molecule has 4 heteroatoms. The maximum atomic E-state index is 12.3. The van der Waals surface area contributed by atoms with Gasteiger partial charge in [0.2, 0.25) is 0 Å². The van der Waals surface area contributed by atoms with Crippen molar-refractivity contribution in [3.63, 3.8) is 0 Å². The van der Waals surface area contributed by atoms with Gasteiger partial charge in [0.25, 0.3) is 0 Å². The molecule has 0 saturated heterocycles. The molecule has 192 valence electrons. The highest BCUT2D eigenvalue weighted by Crippen LogP contribution is 2.75. The van der Waals surface area contributed by atoms with E-state index < -0.39 is 17.5 Å². The van der Waals surface area contributed by atoms with Crippen LogP contribution in [0, 0.1) is 50.2 Å². The largest absolute Gasteiger partial charge is 0.481 e. The summed E-state index contributed by atoms with van der Waals surface area (Å²) in [5, 5.41) is 32.2. The summed E-state index contributed by atoms with van der Waals surface area (Å²) in [4.78, 5) is 12.3. The zero-order chi connectivity index (χ0) is 25.1. The monoisotopic (exact) mass is 472 g/mol. The highest BCUT2D eigenvalue weighted by molar-refractivity contribution is 5.74. The number of allylic oxidation sites excluding steroid dienone is 2. The molecule has 34 heavy (non-hydrogen) atoms. The van der Waals surface area contributed by atoms with Gasteiger partial charge in [0, 0.05) is 5.41 Å². The number of aliphatic hydroxyl groups is 2. The molecular weight excluding hydrogens is 424 g/mol. The van der Waals surface area contributed by atoms with Crippen LogP contribution in [-0.2, 0) is 4.79 Å². The second kappa shape index (κ2) is 7.12. The molecule has 4 saturated carbocycles. The number of fused-ring (bicyclic) bond motifs is 7. The van der Waals surface area contributed by atoms with E-state index in [0.717, 1.165) is 38.5 Å². The SMILES string of the molecule is CC1(C)C(O)CCC2(C)C1CCC1(C)C2CC=C2C3C[C@](C)(C(=O)O)C[C@H](O)C3(C)CC[C@]21C. The van der Waals surface area contributed by atoms with E-state index in [2.05, 4.69) is 47.6 Å². The predicted octanol–water partition coefficient (Wildman–Crippen LogP) is 6.20. The highest BCUT2D eigenvalue weighted by Gasteiger charge is 2.69. The number of hydrogen-bond acceptors (Lipinski definition) is 3. The van der Waals surface area contributed by atoms with Crippen molar-refractivity contribution in [2.24, 2.45) is 50.2 Å². The van der Waals surface area contributed by atoms with Crippen molar-refractivity contribution in [1.29, 1.82) is 0 Å². The van der Waals surface area contributed by atoms with Gasteiger partial charge in [-0.1, -0.05) is 53.2 Å². The minimum atomic E-state index is -0.867. The van der Waals surface area contributed by atoms with Crippen molar-refractivity contribution in [2.75, 3.05) is 0 Å². The number of aliphatic hydroxyl groups excluding tert-OH is 2. The Morgan fingerprint density at radius 3 is 2.15 bits per heavy atom. The van der Waals surface area contributed by atoms with Crippen molar-refractivity contribution in [1.82, 2.24) is 0 Å². The lowest BCUT2D eigenvalue weighted by Crippen LogP contribution is -2.65. The van der Waals surface area contributed by atoms with Crippen LogP contribution in [0.15, 0.2) is 11.6 Å². The van der Waals surface area contributed by atoms with Gasteiger partial charge in [-0.05, 0) is 104 Å². The molecule has 0 aromatic rings. The molecule has 7 unspecified atom stereocenters. The van der Waals surface area contributed by atoms with E-state index in [4.69, 9.17) is 0 Å². The Bertz CT molecular complexity index is 923. The topological polar surface area (TPSA) is 77.8 Å². The van der Waals surface area contributed by atoms with Crippen molar-refractivity contribution in [3.05, 3.63) is 11.6 Å². The lowest BCUT2D eigenvalue weighted by molar-refractivity contribution is -0.208. The Morgan fingerprint density at radius 1 is 0.824 bits per heavy atom. The molecule has 0 radical (unpaired) electrons. The summed E-state index contributed by atoms with van der Waals surface area (Å²) in [5.41, 5.74) is 0.706. The summed E-state index contributed by atoms with van der Waals surface area (Å²) in [6.07, 6.45) is 10.1. The Morgan fingerprint density at radius 2 is 1.50 bits per heavy atom. The zero-order valence-electron chi connectivity index (χ0n) is 22.6. The van der Waals surface area contributed by atoms with Gasteiger partial charge < -0.3 is 15.3 Å². The van der Waals surface area contributed by atoms with E-state index in [9.17, 15) is 20.1 Å². The third-order valence-corrected chi connectivity index (χ3v) is 13.4. The minimum Gasteiger partial charge on any atom is -0.481 e. The zero-order valence-corrected chi connectivity index (χ0v) is 22.6. The fourth-order valence-corrected chi connectivity index (χ4v) is 10.6. The van der Waals surface area contributed by atoms with Crippen LogP contribution in [0.2, 0.25) is 0 Å². The summed E-state index contributed by atoms with van der Waals surface area (Å²) >= 11 is 0. The normalized spacial score (nSPS) is 56.3. The van der Waals surface area contributed by atoms with Gasteiger partial charge in [-0.25, -0.2) is 0 Å². The van der Waals surface area contributed by atoms with E-state index in [0.29, 0.717) is 24.7 Å². The summed E-state index contributed by atoms with van der Waals surface area (Å²) in [7, 11) is 0. The molecule has 10 atom stereocenters. The van der Waals surface area contributed by atoms with Crippen molar-refractivity contribution in [3.8, 4) is 0 Å². The second-order valence-electron chi connectivity index (χ2n) is 15.0.